The highest BCUT2D eigenvalue weighted by atomic mass is 79.9. The lowest BCUT2D eigenvalue weighted by Gasteiger charge is -2.38. The largest absolute Gasteiger partial charge is 0.464 e. The number of hydrazone groups is 1. The van der Waals surface area contributed by atoms with Crippen molar-refractivity contribution in [2.45, 2.75) is 18.7 Å². The van der Waals surface area contributed by atoms with Gasteiger partial charge in [-0.1, -0.05) is 76.1 Å². The minimum Gasteiger partial charge on any atom is -0.464 e. The summed E-state index contributed by atoms with van der Waals surface area (Å²) in [6.45, 7) is 0. The van der Waals surface area contributed by atoms with Crippen LogP contribution in [0.5, 0.6) is 5.75 Å². The van der Waals surface area contributed by atoms with E-state index in [1.807, 2.05) is 54.6 Å². The smallest absolute Gasteiger partial charge is 0.215 e. The molecular formula is C22H16BrClN2O. The van der Waals surface area contributed by atoms with Gasteiger partial charge in [-0.15, -0.1) is 0 Å². The Kier molecular flexibility index (Phi) is 4.18. The normalized spacial score (nSPS) is 20.5. The highest BCUT2D eigenvalue weighted by Crippen LogP contribution is 2.48. The summed E-state index contributed by atoms with van der Waals surface area (Å²) < 4.78 is 7.40. The van der Waals surface area contributed by atoms with Gasteiger partial charge in [-0.2, -0.15) is 5.10 Å². The maximum absolute atomic E-state index is 6.49. The van der Waals surface area contributed by atoms with Crippen LogP contribution in [0.4, 0.5) is 0 Å². The van der Waals surface area contributed by atoms with Crippen LogP contribution in [0.15, 0.2) is 82.4 Å². The molecule has 0 saturated carbocycles. The third kappa shape index (κ3) is 2.93. The average Bonchev–Trinajstić information content (AvgIpc) is 3.14. The Balaban J connectivity index is 1.61. The molecule has 0 fully saturated rings. The third-order valence-corrected chi connectivity index (χ3v) is 5.92. The number of rotatable bonds is 2. The summed E-state index contributed by atoms with van der Waals surface area (Å²) in [7, 11) is 0. The number of halogens is 2. The predicted octanol–water partition coefficient (Wildman–Crippen LogP) is 6.34. The van der Waals surface area contributed by atoms with Gasteiger partial charge < -0.3 is 4.74 Å². The van der Waals surface area contributed by atoms with Crippen LogP contribution in [0.3, 0.4) is 0 Å². The Morgan fingerprint density at radius 2 is 1.63 bits per heavy atom. The van der Waals surface area contributed by atoms with Crippen LogP contribution in [0.1, 0.15) is 35.4 Å². The summed E-state index contributed by atoms with van der Waals surface area (Å²) in [4.78, 5) is 0. The number of hydrogen-bond donors (Lipinski definition) is 0. The van der Waals surface area contributed by atoms with E-state index in [1.165, 1.54) is 0 Å². The van der Waals surface area contributed by atoms with Crippen LogP contribution in [0.25, 0.3) is 0 Å². The van der Waals surface area contributed by atoms with Gasteiger partial charge in [0.25, 0.3) is 0 Å². The van der Waals surface area contributed by atoms with Gasteiger partial charge in [0.2, 0.25) is 6.23 Å². The van der Waals surface area contributed by atoms with Crippen LogP contribution >= 0.6 is 27.5 Å². The SMILES string of the molecule is Clc1ccccc1[C@@H]1Oc2ccccc2[C@H]2CC(c3ccc(Br)cc3)=NN21. The monoisotopic (exact) mass is 438 g/mol. The second kappa shape index (κ2) is 6.70. The van der Waals surface area contributed by atoms with Crippen LogP contribution in [-0.4, -0.2) is 10.7 Å². The van der Waals surface area contributed by atoms with Crippen LogP contribution in [0.2, 0.25) is 5.02 Å². The minimum atomic E-state index is -0.341. The first-order valence-electron chi connectivity index (χ1n) is 8.82. The van der Waals surface area contributed by atoms with Gasteiger partial charge in [-0.25, -0.2) is 5.01 Å². The maximum Gasteiger partial charge on any atom is 0.215 e. The molecular weight excluding hydrogens is 424 g/mol. The Morgan fingerprint density at radius 3 is 2.41 bits per heavy atom. The molecule has 0 unspecified atom stereocenters. The molecule has 0 amide bonds. The molecule has 27 heavy (non-hydrogen) atoms. The van der Waals surface area contributed by atoms with Crippen molar-refractivity contribution in [3.8, 4) is 5.75 Å². The van der Waals surface area contributed by atoms with Gasteiger partial charge in [-0.3, -0.25) is 0 Å². The summed E-state index contributed by atoms with van der Waals surface area (Å²) in [5.74, 6) is 0.899. The topological polar surface area (TPSA) is 24.8 Å². The number of fused-ring (bicyclic) bond motifs is 3. The zero-order chi connectivity index (χ0) is 18.4. The van der Waals surface area contributed by atoms with Gasteiger partial charge >= 0.3 is 0 Å². The molecule has 2 atom stereocenters. The molecule has 0 N–H and O–H groups in total. The molecule has 134 valence electrons. The van der Waals surface area contributed by atoms with Crippen LogP contribution in [-0.2, 0) is 0 Å². The molecule has 3 nitrogen and oxygen atoms in total. The van der Waals surface area contributed by atoms with Crippen LogP contribution in [0, 0.1) is 0 Å². The lowest BCUT2D eigenvalue weighted by molar-refractivity contribution is -0.0189. The second-order valence-electron chi connectivity index (χ2n) is 6.68. The Hall–Kier alpha value is -2.30. The number of benzene rings is 3. The first-order valence-corrected chi connectivity index (χ1v) is 9.99. The molecule has 2 aliphatic heterocycles. The predicted molar refractivity (Wildman–Crippen MR) is 111 cm³/mol. The molecule has 5 heteroatoms. The van der Waals surface area contributed by atoms with Crippen molar-refractivity contribution in [3.63, 3.8) is 0 Å². The van der Waals surface area contributed by atoms with E-state index < -0.39 is 0 Å². The van der Waals surface area contributed by atoms with Gasteiger partial charge in [0.1, 0.15) is 5.75 Å². The van der Waals surface area contributed by atoms with E-state index in [2.05, 4.69) is 39.1 Å². The molecule has 0 radical (unpaired) electrons. The number of para-hydroxylation sites is 1. The summed E-state index contributed by atoms with van der Waals surface area (Å²) in [5, 5.41) is 7.70. The fourth-order valence-corrected chi connectivity index (χ4v) is 4.22. The van der Waals surface area contributed by atoms with Crippen molar-refractivity contribution in [3.05, 3.63) is 99.0 Å². The summed E-state index contributed by atoms with van der Waals surface area (Å²) in [6.07, 6.45) is 0.495. The molecule has 3 aromatic rings. The lowest BCUT2D eigenvalue weighted by atomic mass is 9.96. The first-order chi connectivity index (χ1) is 13.2. The van der Waals surface area contributed by atoms with Crippen LogP contribution < -0.4 is 4.74 Å². The highest BCUT2D eigenvalue weighted by molar-refractivity contribution is 9.10. The summed E-state index contributed by atoms with van der Waals surface area (Å²) in [5.41, 5.74) is 4.28. The molecule has 0 spiro atoms. The minimum absolute atomic E-state index is 0.134. The number of hydrogen-bond acceptors (Lipinski definition) is 3. The van der Waals surface area contributed by atoms with Gasteiger partial charge in [0.05, 0.1) is 11.8 Å². The highest BCUT2D eigenvalue weighted by Gasteiger charge is 2.41. The fourth-order valence-electron chi connectivity index (χ4n) is 3.73. The van der Waals surface area contributed by atoms with Crippen molar-refractivity contribution in [1.82, 2.24) is 5.01 Å². The van der Waals surface area contributed by atoms with Gasteiger partial charge in [0.15, 0.2) is 0 Å². The molecule has 0 bridgehead atoms. The quantitative estimate of drug-likeness (QED) is 0.465. The molecule has 0 saturated heterocycles. The Bertz CT molecular complexity index is 1030. The van der Waals surface area contributed by atoms with E-state index in [9.17, 15) is 0 Å². The van der Waals surface area contributed by atoms with Crippen molar-refractivity contribution < 1.29 is 4.74 Å². The molecule has 3 aromatic carbocycles. The number of ether oxygens (including phenoxy) is 1. The third-order valence-electron chi connectivity index (χ3n) is 5.05. The van der Waals surface area contributed by atoms with E-state index in [0.717, 1.165) is 39.0 Å². The average molecular weight is 440 g/mol. The zero-order valence-electron chi connectivity index (χ0n) is 14.3. The standard InChI is InChI=1S/C22H16BrClN2O/c23-15-11-9-14(10-12-15)19-13-20-17-6-2-4-8-21(17)27-22(26(20)25-19)16-5-1-3-7-18(16)24/h1-12,20,22H,13H2/t20-,22+/m1/s1. The van der Waals surface area contributed by atoms with E-state index in [1.54, 1.807) is 0 Å². The molecule has 0 aromatic heterocycles. The molecule has 2 aliphatic rings. The molecule has 0 aliphatic carbocycles. The molecule has 2 heterocycles. The van der Waals surface area contributed by atoms with E-state index in [-0.39, 0.29) is 12.3 Å². The van der Waals surface area contributed by atoms with Crippen molar-refractivity contribution >= 4 is 33.2 Å². The molecule has 5 rings (SSSR count). The van der Waals surface area contributed by atoms with E-state index >= 15 is 0 Å². The van der Waals surface area contributed by atoms with Crippen molar-refractivity contribution in [2.75, 3.05) is 0 Å². The lowest BCUT2D eigenvalue weighted by Crippen LogP contribution is -2.33. The fraction of sp³-hybridized carbons (Fsp3) is 0.136. The maximum atomic E-state index is 6.49. The van der Waals surface area contributed by atoms with E-state index in [4.69, 9.17) is 21.4 Å². The van der Waals surface area contributed by atoms with Crippen molar-refractivity contribution in [1.29, 1.82) is 0 Å². The van der Waals surface area contributed by atoms with Crippen molar-refractivity contribution in [2.24, 2.45) is 5.10 Å². The summed E-state index contributed by atoms with van der Waals surface area (Å²) in [6, 6.07) is 24.4. The van der Waals surface area contributed by atoms with Gasteiger partial charge in [0, 0.05) is 27.0 Å². The van der Waals surface area contributed by atoms with Gasteiger partial charge in [-0.05, 0) is 29.8 Å². The second-order valence-corrected chi connectivity index (χ2v) is 8.01. The number of nitrogens with zero attached hydrogens (tertiary/aromatic N) is 2. The Morgan fingerprint density at radius 1 is 0.926 bits per heavy atom. The first kappa shape index (κ1) is 16.8. The zero-order valence-corrected chi connectivity index (χ0v) is 16.7. The van der Waals surface area contributed by atoms with E-state index in [0.29, 0.717) is 5.02 Å². The Labute approximate surface area is 171 Å². The summed E-state index contributed by atoms with van der Waals surface area (Å²) >= 11 is 9.99.